The molecule has 0 heterocycles. The molecule has 0 radical (unpaired) electrons. The molecule has 4 rings (SSSR count). The first-order valence-corrected chi connectivity index (χ1v) is 11.6. The number of halogens is 4. The van der Waals surface area contributed by atoms with Crippen LogP contribution in [0.1, 0.15) is 74.0 Å². The second kappa shape index (κ2) is 9.72. The van der Waals surface area contributed by atoms with Crippen molar-refractivity contribution in [2.24, 2.45) is 5.92 Å². The maximum atomic E-state index is 14.5. The van der Waals surface area contributed by atoms with E-state index < -0.39 is 11.7 Å². The molecule has 0 aromatic heterocycles. The van der Waals surface area contributed by atoms with Gasteiger partial charge in [0.05, 0.1) is 5.56 Å². The number of hydrogen-bond donors (Lipinski definition) is 0. The van der Waals surface area contributed by atoms with E-state index in [2.05, 4.69) is 4.90 Å². The molecule has 1 nitrogen and oxygen atoms in total. The fourth-order valence-electron chi connectivity index (χ4n) is 5.54. The van der Waals surface area contributed by atoms with Crippen molar-refractivity contribution in [2.75, 3.05) is 6.54 Å². The Morgan fingerprint density at radius 3 is 2.13 bits per heavy atom. The first kappa shape index (κ1) is 22.3. The van der Waals surface area contributed by atoms with Gasteiger partial charge in [0.15, 0.2) is 0 Å². The van der Waals surface area contributed by atoms with E-state index >= 15 is 0 Å². The molecule has 2 aliphatic rings. The lowest BCUT2D eigenvalue weighted by molar-refractivity contribution is -0.137. The van der Waals surface area contributed by atoms with Gasteiger partial charge >= 0.3 is 6.18 Å². The van der Waals surface area contributed by atoms with Crippen LogP contribution in [0.25, 0.3) is 0 Å². The minimum atomic E-state index is -4.32. The third-order valence-corrected chi connectivity index (χ3v) is 7.16. The lowest BCUT2D eigenvalue weighted by Gasteiger charge is -2.41. The molecule has 2 saturated carbocycles. The SMILES string of the molecule is Fc1ccccc1CN(CC1CCCC1)[C@@H]1CCCC[C@H]1c1ccc(C(F)(F)F)cc1. The largest absolute Gasteiger partial charge is 0.416 e. The fourth-order valence-corrected chi connectivity index (χ4v) is 5.54. The van der Waals surface area contributed by atoms with Crippen LogP contribution in [-0.4, -0.2) is 17.5 Å². The van der Waals surface area contributed by atoms with Gasteiger partial charge in [-0.1, -0.05) is 56.0 Å². The van der Waals surface area contributed by atoms with E-state index in [-0.39, 0.29) is 17.8 Å². The number of nitrogens with zero attached hydrogens (tertiary/aromatic N) is 1. The molecule has 0 N–H and O–H groups in total. The average Bonchev–Trinajstić information content (AvgIpc) is 3.27. The van der Waals surface area contributed by atoms with Crippen molar-refractivity contribution in [1.29, 1.82) is 0 Å². The lowest BCUT2D eigenvalue weighted by atomic mass is 9.78. The Kier molecular flexibility index (Phi) is 7.00. The zero-order chi connectivity index (χ0) is 21.8. The number of hydrogen-bond acceptors (Lipinski definition) is 1. The molecular formula is C26H31F4N. The molecule has 0 aliphatic heterocycles. The van der Waals surface area contributed by atoms with E-state index in [1.807, 2.05) is 12.1 Å². The monoisotopic (exact) mass is 433 g/mol. The molecule has 0 saturated heterocycles. The van der Waals surface area contributed by atoms with Gasteiger partial charge in [-0.05, 0) is 61.3 Å². The topological polar surface area (TPSA) is 3.24 Å². The van der Waals surface area contributed by atoms with Crippen LogP contribution in [0, 0.1) is 11.7 Å². The first-order chi connectivity index (χ1) is 14.9. The summed E-state index contributed by atoms with van der Waals surface area (Å²) < 4.78 is 53.6. The predicted molar refractivity (Wildman–Crippen MR) is 115 cm³/mol. The van der Waals surface area contributed by atoms with Crippen molar-refractivity contribution < 1.29 is 17.6 Å². The third-order valence-electron chi connectivity index (χ3n) is 7.16. The van der Waals surface area contributed by atoms with E-state index in [1.54, 1.807) is 18.2 Å². The zero-order valence-corrected chi connectivity index (χ0v) is 17.9. The van der Waals surface area contributed by atoms with Gasteiger partial charge in [0, 0.05) is 24.7 Å². The smallest absolute Gasteiger partial charge is 0.295 e. The Balaban J connectivity index is 1.60. The zero-order valence-electron chi connectivity index (χ0n) is 17.9. The summed E-state index contributed by atoms with van der Waals surface area (Å²) in [5.41, 5.74) is 1.08. The maximum Gasteiger partial charge on any atom is 0.416 e. The fraction of sp³-hybridized carbons (Fsp3) is 0.538. The average molecular weight is 434 g/mol. The molecule has 2 aromatic carbocycles. The first-order valence-electron chi connectivity index (χ1n) is 11.6. The molecule has 2 aliphatic carbocycles. The van der Waals surface area contributed by atoms with Crippen LogP contribution in [0.5, 0.6) is 0 Å². The van der Waals surface area contributed by atoms with Crippen molar-refractivity contribution in [3.05, 3.63) is 71.0 Å². The van der Waals surface area contributed by atoms with Gasteiger partial charge in [-0.25, -0.2) is 4.39 Å². The number of alkyl halides is 3. The van der Waals surface area contributed by atoms with E-state index in [0.29, 0.717) is 18.0 Å². The lowest BCUT2D eigenvalue weighted by Crippen LogP contribution is -2.43. The molecule has 0 amide bonds. The standard InChI is InChI=1S/C26H31F4N/c27-24-11-5-3-9-21(24)18-31(17-19-7-1-2-8-19)25-12-6-4-10-23(25)20-13-15-22(16-14-20)26(28,29)30/h3,5,9,11,13-16,19,23,25H,1-2,4,6-8,10,12,17-18H2/t23-,25+/m0/s1. The van der Waals surface area contributed by atoms with Gasteiger partial charge in [-0.2, -0.15) is 13.2 Å². The van der Waals surface area contributed by atoms with Crippen LogP contribution >= 0.6 is 0 Å². The van der Waals surface area contributed by atoms with E-state index in [1.165, 1.54) is 43.9 Å². The summed E-state index contributed by atoms with van der Waals surface area (Å²) in [5.74, 6) is 0.631. The summed E-state index contributed by atoms with van der Waals surface area (Å²) in [6.45, 7) is 1.50. The van der Waals surface area contributed by atoms with Crippen LogP contribution in [0.2, 0.25) is 0 Å². The molecule has 31 heavy (non-hydrogen) atoms. The van der Waals surface area contributed by atoms with Crippen LogP contribution in [0.3, 0.4) is 0 Å². The quantitative estimate of drug-likeness (QED) is 0.425. The highest BCUT2D eigenvalue weighted by Gasteiger charge is 2.35. The van der Waals surface area contributed by atoms with Crippen molar-refractivity contribution in [3.63, 3.8) is 0 Å². The second-order valence-electron chi connectivity index (χ2n) is 9.25. The Labute approximate surface area is 182 Å². The molecule has 0 spiro atoms. The van der Waals surface area contributed by atoms with E-state index in [0.717, 1.165) is 37.8 Å². The molecule has 2 atom stereocenters. The highest BCUT2D eigenvalue weighted by atomic mass is 19.4. The summed E-state index contributed by atoms with van der Waals surface area (Å²) in [6, 6.07) is 12.9. The van der Waals surface area contributed by atoms with Crippen molar-refractivity contribution in [3.8, 4) is 0 Å². The van der Waals surface area contributed by atoms with E-state index in [9.17, 15) is 17.6 Å². The summed E-state index contributed by atoms with van der Waals surface area (Å²) in [6.07, 6.45) is 4.79. The highest BCUT2D eigenvalue weighted by molar-refractivity contribution is 5.29. The Morgan fingerprint density at radius 1 is 0.806 bits per heavy atom. The van der Waals surface area contributed by atoms with Gasteiger partial charge in [-0.3, -0.25) is 4.90 Å². The molecule has 168 valence electrons. The van der Waals surface area contributed by atoms with Gasteiger partial charge in [-0.15, -0.1) is 0 Å². The van der Waals surface area contributed by atoms with Crippen molar-refractivity contribution >= 4 is 0 Å². The molecule has 5 heteroatoms. The van der Waals surface area contributed by atoms with Crippen LogP contribution in [-0.2, 0) is 12.7 Å². The third kappa shape index (κ3) is 5.49. The number of rotatable bonds is 6. The van der Waals surface area contributed by atoms with Gasteiger partial charge in [0.1, 0.15) is 5.82 Å². The van der Waals surface area contributed by atoms with Crippen LogP contribution in [0.4, 0.5) is 17.6 Å². The second-order valence-corrected chi connectivity index (χ2v) is 9.25. The molecular weight excluding hydrogens is 402 g/mol. The van der Waals surface area contributed by atoms with Crippen molar-refractivity contribution in [1.82, 2.24) is 4.90 Å². The van der Waals surface area contributed by atoms with Crippen LogP contribution < -0.4 is 0 Å². The summed E-state index contributed by atoms with van der Waals surface area (Å²) in [5, 5.41) is 0. The highest BCUT2D eigenvalue weighted by Crippen LogP contribution is 2.39. The molecule has 0 bridgehead atoms. The molecule has 2 aromatic rings. The summed E-state index contributed by atoms with van der Waals surface area (Å²) >= 11 is 0. The van der Waals surface area contributed by atoms with Gasteiger partial charge in [0.25, 0.3) is 0 Å². The maximum absolute atomic E-state index is 14.5. The van der Waals surface area contributed by atoms with E-state index in [4.69, 9.17) is 0 Å². The van der Waals surface area contributed by atoms with Crippen LogP contribution in [0.15, 0.2) is 48.5 Å². The minimum Gasteiger partial charge on any atom is -0.295 e. The predicted octanol–water partition coefficient (Wildman–Crippen LogP) is 7.56. The Hall–Kier alpha value is -1.88. The summed E-state index contributed by atoms with van der Waals surface area (Å²) in [7, 11) is 0. The summed E-state index contributed by atoms with van der Waals surface area (Å²) in [4.78, 5) is 2.44. The van der Waals surface area contributed by atoms with Gasteiger partial charge in [0.2, 0.25) is 0 Å². The van der Waals surface area contributed by atoms with Gasteiger partial charge < -0.3 is 0 Å². The molecule has 2 fully saturated rings. The normalized spacial score (nSPS) is 22.9. The Morgan fingerprint density at radius 2 is 1.45 bits per heavy atom. The van der Waals surface area contributed by atoms with Crippen molar-refractivity contribution in [2.45, 2.75) is 76.0 Å². The number of benzene rings is 2. The Bertz CT molecular complexity index is 839. The minimum absolute atomic E-state index is 0.180. The molecule has 0 unspecified atom stereocenters.